The second kappa shape index (κ2) is 4.18. The fourth-order valence-electron chi connectivity index (χ4n) is 1.63. The first-order chi connectivity index (χ1) is 7.72. The topological polar surface area (TPSA) is 65.7 Å². The van der Waals surface area contributed by atoms with Crippen molar-refractivity contribution in [2.75, 3.05) is 0 Å². The average molecular weight is 216 g/mol. The van der Waals surface area contributed by atoms with Crippen LogP contribution in [0.15, 0.2) is 35.3 Å². The summed E-state index contributed by atoms with van der Waals surface area (Å²) in [5, 5.41) is 0. The van der Waals surface area contributed by atoms with Crippen LogP contribution in [0.1, 0.15) is 28.7 Å². The van der Waals surface area contributed by atoms with Crippen molar-refractivity contribution in [1.29, 1.82) is 0 Å². The van der Waals surface area contributed by atoms with E-state index in [1.54, 1.807) is 24.4 Å². The van der Waals surface area contributed by atoms with Crippen molar-refractivity contribution in [3.8, 4) is 0 Å². The summed E-state index contributed by atoms with van der Waals surface area (Å²) in [5.74, 6) is -0.0990. The molecular weight excluding hydrogens is 204 g/mol. The van der Waals surface area contributed by atoms with Crippen molar-refractivity contribution in [1.82, 2.24) is 9.97 Å². The van der Waals surface area contributed by atoms with Gasteiger partial charge in [0, 0.05) is 23.5 Å². The van der Waals surface area contributed by atoms with Crippen LogP contribution in [0, 0.1) is 0 Å². The van der Waals surface area contributed by atoms with Gasteiger partial charge in [0.25, 0.3) is 0 Å². The molecule has 0 spiro atoms. The Kier molecular flexibility index (Phi) is 2.72. The molecule has 82 valence electrons. The molecule has 4 nitrogen and oxygen atoms in total. The van der Waals surface area contributed by atoms with Gasteiger partial charge in [0.15, 0.2) is 0 Å². The van der Waals surface area contributed by atoms with E-state index in [0.717, 1.165) is 0 Å². The SMILES string of the molecule is CCc1[nH]c(=O)ccc1C(=O)c1ccc[nH]1. The normalized spacial score (nSPS) is 10.3. The summed E-state index contributed by atoms with van der Waals surface area (Å²) >= 11 is 0. The first kappa shape index (κ1) is 10.4. The monoisotopic (exact) mass is 216 g/mol. The van der Waals surface area contributed by atoms with E-state index in [1.165, 1.54) is 6.07 Å². The molecule has 4 heteroatoms. The van der Waals surface area contributed by atoms with E-state index in [4.69, 9.17) is 0 Å². The van der Waals surface area contributed by atoms with E-state index >= 15 is 0 Å². The highest BCUT2D eigenvalue weighted by Gasteiger charge is 2.13. The number of pyridine rings is 1. The maximum Gasteiger partial charge on any atom is 0.248 e. The fourth-order valence-corrected chi connectivity index (χ4v) is 1.63. The molecule has 0 saturated carbocycles. The summed E-state index contributed by atoms with van der Waals surface area (Å²) in [4.78, 5) is 28.7. The van der Waals surface area contributed by atoms with E-state index in [9.17, 15) is 9.59 Å². The highest BCUT2D eigenvalue weighted by Crippen LogP contribution is 2.10. The predicted molar refractivity (Wildman–Crippen MR) is 60.7 cm³/mol. The van der Waals surface area contributed by atoms with Gasteiger partial charge in [0.1, 0.15) is 0 Å². The van der Waals surface area contributed by atoms with Crippen LogP contribution >= 0.6 is 0 Å². The molecule has 0 saturated heterocycles. The molecule has 0 aromatic carbocycles. The number of aryl methyl sites for hydroxylation is 1. The maximum atomic E-state index is 12.0. The lowest BCUT2D eigenvalue weighted by atomic mass is 10.1. The first-order valence-electron chi connectivity index (χ1n) is 5.12. The molecule has 0 fully saturated rings. The van der Waals surface area contributed by atoms with Crippen LogP contribution in [0.3, 0.4) is 0 Å². The van der Waals surface area contributed by atoms with Gasteiger partial charge in [-0.15, -0.1) is 0 Å². The summed E-state index contributed by atoms with van der Waals surface area (Å²) in [6.07, 6.45) is 2.32. The Morgan fingerprint density at radius 3 is 2.75 bits per heavy atom. The van der Waals surface area contributed by atoms with Gasteiger partial charge in [0.2, 0.25) is 11.3 Å². The standard InChI is InChI=1S/C12H12N2O2/c1-2-9-8(5-6-11(15)14-9)12(16)10-4-3-7-13-10/h3-7,13H,2H2,1H3,(H,14,15). The molecule has 0 aliphatic carbocycles. The van der Waals surface area contributed by atoms with Crippen LogP contribution in [-0.4, -0.2) is 15.8 Å². The van der Waals surface area contributed by atoms with Gasteiger partial charge in [-0.3, -0.25) is 9.59 Å². The fraction of sp³-hybridized carbons (Fsp3) is 0.167. The van der Waals surface area contributed by atoms with E-state index in [2.05, 4.69) is 9.97 Å². The van der Waals surface area contributed by atoms with Crippen LogP contribution in [0.5, 0.6) is 0 Å². The Hall–Kier alpha value is -2.10. The number of carbonyl (C=O) groups excluding carboxylic acids is 1. The van der Waals surface area contributed by atoms with Crippen LogP contribution in [0.2, 0.25) is 0 Å². The molecule has 2 heterocycles. The molecule has 0 aliphatic heterocycles. The van der Waals surface area contributed by atoms with E-state index in [1.807, 2.05) is 6.92 Å². The number of hydrogen-bond acceptors (Lipinski definition) is 2. The molecule has 0 amide bonds. The number of H-pyrrole nitrogens is 2. The van der Waals surface area contributed by atoms with Crippen molar-refractivity contribution in [3.63, 3.8) is 0 Å². The quantitative estimate of drug-likeness (QED) is 0.763. The van der Waals surface area contributed by atoms with Crippen LogP contribution in [0.4, 0.5) is 0 Å². The summed E-state index contributed by atoms with van der Waals surface area (Å²) in [6, 6.07) is 6.42. The van der Waals surface area contributed by atoms with Crippen LogP contribution < -0.4 is 5.56 Å². The van der Waals surface area contributed by atoms with Crippen molar-refractivity contribution in [2.24, 2.45) is 0 Å². The summed E-state index contributed by atoms with van der Waals surface area (Å²) < 4.78 is 0. The molecule has 0 radical (unpaired) electrons. The largest absolute Gasteiger partial charge is 0.359 e. The van der Waals surface area contributed by atoms with Crippen molar-refractivity contribution in [2.45, 2.75) is 13.3 Å². The highest BCUT2D eigenvalue weighted by atomic mass is 16.1. The second-order valence-corrected chi connectivity index (χ2v) is 3.48. The van der Waals surface area contributed by atoms with Gasteiger partial charge in [-0.25, -0.2) is 0 Å². The molecule has 2 aromatic rings. The summed E-state index contributed by atoms with van der Waals surface area (Å²) in [6.45, 7) is 1.90. The number of aromatic nitrogens is 2. The molecular formula is C12H12N2O2. The second-order valence-electron chi connectivity index (χ2n) is 3.48. The minimum Gasteiger partial charge on any atom is -0.359 e. The Balaban J connectivity index is 2.48. The van der Waals surface area contributed by atoms with Gasteiger partial charge >= 0.3 is 0 Å². The first-order valence-corrected chi connectivity index (χ1v) is 5.12. The molecule has 0 aliphatic rings. The van der Waals surface area contributed by atoms with Crippen LogP contribution in [-0.2, 0) is 6.42 Å². The lowest BCUT2D eigenvalue weighted by Gasteiger charge is -2.04. The van der Waals surface area contributed by atoms with Gasteiger partial charge in [-0.05, 0) is 24.6 Å². The van der Waals surface area contributed by atoms with E-state index in [-0.39, 0.29) is 11.3 Å². The summed E-state index contributed by atoms with van der Waals surface area (Å²) in [7, 11) is 0. The van der Waals surface area contributed by atoms with Crippen molar-refractivity contribution < 1.29 is 4.79 Å². The number of ketones is 1. The van der Waals surface area contributed by atoms with Crippen molar-refractivity contribution in [3.05, 3.63) is 57.8 Å². The predicted octanol–water partition coefficient (Wildman–Crippen LogP) is 1.50. The number of rotatable bonds is 3. The number of hydrogen-bond donors (Lipinski definition) is 2. The van der Waals surface area contributed by atoms with E-state index < -0.39 is 0 Å². The van der Waals surface area contributed by atoms with E-state index in [0.29, 0.717) is 23.4 Å². The molecule has 2 N–H and O–H groups in total. The van der Waals surface area contributed by atoms with Gasteiger partial charge in [-0.1, -0.05) is 6.92 Å². The van der Waals surface area contributed by atoms with Gasteiger partial charge < -0.3 is 9.97 Å². The lowest BCUT2D eigenvalue weighted by molar-refractivity contribution is 0.103. The molecule has 2 aromatic heterocycles. The molecule has 16 heavy (non-hydrogen) atoms. The Bertz CT molecular complexity index is 553. The zero-order valence-corrected chi connectivity index (χ0v) is 8.91. The number of carbonyl (C=O) groups is 1. The smallest absolute Gasteiger partial charge is 0.248 e. The van der Waals surface area contributed by atoms with Crippen LogP contribution in [0.25, 0.3) is 0 Å². The third kappa shape index (κ3) is 1.82. The zero-order chi connectivity index (χ0) is 11.5. The Labute approximate surface area is 92.3 Å². The Morgan fingerprint density at radius 2 is 2.12 bits per heavy atom. The average Bonchev–Trinajstić information content (AvgIpc) is 2.81. The minimum atomic E-state index is -0.181. The summed E-state index contributed by atoms with van der Waals surface area (Å²) in [5.41, 5.74) is 1.57. The number of aromatic amines is 2. The Morgan fingerprint density at radius 1 is 1.31 bits per heavy atom. The molecule has 0 atom stereocenters. The lowest BCUT2D eigenvalue weighted by Crippen LogP contribution is -2.14. The third-order valence-electron chi connectivity index (χ3n) is 2.44. The zero-order valence-electron chi connectivity index (χ0n) is 8.91. The minimum absolute atomic E-state index is 0.0990. The molecule has 2 rings (SSSR count). The maximum absolute atomic E-state index is 12.0. The highest BCUT2D eigenvalue weighted by molar-refractivity contribution is 6.08. The third-order valence-corrected chi connectivity index (χ3v) is 2.44. The molecule has 0 unspecified atom stereocenters. The van der Waals surface area contributed by atoms with Gasteiger partial charge in [-0.2, -0.15) is 0 Å². The molecule has 0 bridgehead atoms. The van der Waals surface area contributed by atoms with Crippen molar-refractivity contribution >= 4 is 5.78 Å². The number of nitrogens with one attached hydrogen (secondary N) is 2. The van der Waals surface area contributed by atoms with Gasteiger partial charge in [0.05, 0.1) is 5.69 Å².